The molecular formula is C27H21BrCl2N2O6. The van der Waals surface area contributed by atoms with Crippen LogP contribution in [0.3, 0.4) is 0 Å². The average molecular weight is 620 g/mol. The number of imide groups is 2. The van der Waals surface area contributed by atoms with E-state index < -0.39 is 17.8 Å². The lowest BCUT2D eigenvalue weighted by molar-refractivity contribution is -0.122. The van der Waals surface area contributed by atoms with E-state index >= 15 is 0 Å². The van der Waals surface area contributed by atoms with Gasteiger partial charge in [-0.05, 0) is 83.0 Å². The molecule has 38 heavy (non-hydrogen) atoms. The van der Waals surface area contributed by atoms with Crippen LogP contribution in [-0.4, -0.2) is 31.6 Å². The molecule has 4 amide bonds. The Hall–Kier alpha value is -3.53. The smallest absolute Gasteiger partial charge is 0.335 e. The Labute approximate surface area is 237 Å². The third-order valence-corrected chi connectivity index (χ3v) is 6.63. The highest BCUT2D eigenvalue weighted by Gasteiger charge is 2.37. The van der Waals surface area contributed by atoms with E-state index in [-0.39, 0.29) is 17.9 Å². The normalized spacial score (nSPS) is 14.5. The van der Waals surface area contributed by atoms with Gasteiger partial charge >= 0.3 is 6.03 Å². The second-order valence-corrected chi connectivity index (χ2v) is 9.64. The first kappa shape index (κ1) is 27.5. The number of hydrogen-bond donors (Lipinski definition) is 1. The van der Waals surface area contributed by atoms with Crippen LogP contribution in [0.1, 0.15) is 18.1 Å². The third-order valence-electron chi connectivity index (χ3n) is 5.45. The summed E-state index contributed by atoms with van der Waals surface area (Å²) in [4.78, 5) is 39.3. The van der Waals surface area contributed by atoms with Crippen molar-refractivity contribution in [2.75, 3.05) is 18.6 Å². The fraction of sp³-hybridized carbons (Fsp3) is 0.148. The van der Waals surface area contributed by atoms with Crippen LogP contribution >= 0.6 is 39.1 Å². The summed E-state index contributed by atoms with van der Waals surface area (Å²) in [6, 6.07) is 13.9. The number of urea groups is 1. The second-order valence-electron chi connectivity index (χ2n) is 7.94. The molecule has 4 rings (SSSR count). The van der Waals surface area contributed by atoms with Crippen molar-refractivity contribution in [3.8, 4) is 17.2 Å². The van der Waals surface area contributed by atoms with Crippen LogP contribution in [0, 0.1) is 0 Å². The van der Waals surface area contributed by atoms with Gasteiger partial charge in [0.25, 0.3) is 11.8 Å². The van der Waals surface area contributed by atoms with E-state index in [0.29, 0.717) is 43.9 Å². The fourth-order valence-corrected chi connectivity index (χ4v) is 4.77. The monoisotopic (exact) mass is 618 g/mol. The molecule has 1 heterocycles. The summed E-state index contributed by atoms with van der Waals surface area (Å²) in [7, 11) is 1.51. The van der Waals surface area contributed by atoms with Crippen molar-refractivity contribution in [3.63, 3.8) is 0 Å². The largest absolute Gasteiger partial charge is 0.492 e. The minimum Gasteiger partial charge on any atom is -0.492 e. The van der Waals surface area contributed by atoms with Gasteiger partial charge in [-0.3, -0.25) is 14.9 Å². The van der Waals surface area contributed by atoms with Crippen molar-refractivity contribution < 1.29 is 28.6 Å². The van der Waals surface area contributed by atoms with E-state index in [9.17, 15) is 14.4 Å². The Morgan fingerprint density at radius 2 is 1.74 bits per heavy atom. The molecule has 196 valence electrons. The first-order valence-electron chi connectivity index (χ1n) is 11.3. The highest BCUT2D eigenvalue weighted by atomic mass is 79.9. The predicted molar refractivity (Wildman–Crippen MR) is 148 cm³/mol. The van der Waals surface area contributed by atoms with Gasteiger partial charge in [-0.2, -0.15) is 0 Å². The van der Waals surface area contributed by atoms with E-state index in [1.807, 2.05) is 6.92 Å². The van der Waals surface area contributed by atoms with Gasteiger partial charge in [0.1, 0.15) is 17.9 Å². The zero-order valence-electron chi connectivity index (χ0n) is 20.2. The molecule has 0 atom stereocenters. The summed E-state index contributed by atoms with van der Waals surface area (Å²) < 4.78 is 17.3. The number of barbiturate groups is 1. The molecule has 3 aromatic rings. The number of hydrogen-bond acceptors (Lipinski definition) is 6. The van der Waals surface area contributed by atoms with Crippen molar-refractivity contribution in [2.45, 2.75) is 13.5 Å². The molecule has 0 spiro atoms. The molecule has 3 aromatic carbocycles. The van der Waals surface area contributed by atoms with E-state index in [2.05, 4.69) is 21.2 Å². The van der Waals surface area contributed by atoms with Crippen LogP contribution in [0.5, 0.6) is 17.2 Å². The van der Waals surface area contributed by atoms with Crippen molar-refractivity contribution in [1.29, 1.82) is 0 Å². The van der Waals surface area contributed by atoms with E-state index in [0.717, 1.165) is 10.5 Å². The second kappa shape index (κ2) is 11.9. The Balaban J connectivity index is 1.56. The number of ether oxygens (including phenoxy) is 3. The molecule has 0 saturated carbocycles. The number of carbonyl (C=O) groups excluding carboxylic acids is 3. The van der Waals surface area contributed by atoms with Gasteiger partial charge in [0.2, 0.25) is 0 Å². The van der Waals surface area contributed by atoms with Crippen molar-refractivity contribution in [3.05, 3.63) is 85.8 Å². The standard InChI is InChI=1S/C27H21BrCl2N2O6/c1-3-37-23-12-15(11-21(28)24(23)36-2)10-20-25(33)31-27(35)32(26(20)34)18-6-8-19(9-7-18)38-14-16-4-5-17(29)13-22(16)30/h4-13H,3,14H2,1-2H3,(H,31,33,35)/b20-10+. The molecule has 0 bridgehead atoms. The number of nitrogens with one attached hydrogen (secondary N) is 1. The average Bonchev–Trinajstić information content (AvgIpc) is 2.87. The molecule has 1 fully saturated rings. The molecule has 0 aliphatic carbocycles. The fourth-order valence-electron chi connectivity index (χ4n) is 3.68. The summed E-state index contributed by atoms with van der Waals surface area (Å²) in [6.45, 7) is 2.40. The number of anilines is 1. The lowest BCUT2D eigenvalue weighted by Gasteiger charge is -2.26. The number of benzene rings is 3. The molecule has 0 radical (unpaired) electrons. The number of amides is 4. The molecule has 0 aromatic heterocycles. The topological polar surface area (TPSA) is 94.2 Å². The molecule has 1 N–H and O–H groups in total. The third kappa shape index (κ3) is 5.96. The highest BCUT2D eigenvalue weighted by molar-refractivity contribution is 9.10. The van der Waals surface area contributed by atoms with Gasteiger partial charge in [-0.25, -0.2) is 9.69 Å². The van der Waals surface area contributed by atoms with Crippen molar-refractivity contribution in [1.82, 2.24) is 5.32 Å². The number of methoxy groups -OCH3 is 1. The summed E-state index contributed by atoms with van der Waals surface area (Å²) in [6.07, 6.45) is 1.39. The number of carbonyl (C=O) groups is 3. The summed E-state index contributed by atoms with van der Waals surface area (Å²) in [5, 5.41) is 3.21. The highest BCUT2D eigenvalue weighted by Crippen LogP contribution is 2.37. The number of rotatable bonds is 8. The quantitative estimate of drug-likeness (QED) is 0.231. The Morgan fingerprint density at radius 1 is 1.00 bits per heavy atom. The maximum Gasteiger partial charge on any atom is 0.335 e. The van der Waals surface area contributed by atoms with Gasteiger partial charge in [0.15, 0.2) is 11.5 Å². The zero-order valence-corrected chi connectivity index (χ0v) is 23.3. The van der Waals surface area contributed by atoms with Gasteiger partial charge < -0.3 is 14.2 Å². The van der Waals surface area contributed by atoms with Crippen LogP contribution in [0.2, 0.25) is 10.0 Å². The Morgan fingerprint density at radius 3 is 2.39 bits per heavy atom. The first-order valence-corrected chi connectivity index (χ1v) is 12.8. The van der Waals surface area contributed by atoms with Gasteiger partial charge in [0.05, 0.1) is 23.9 Å². The minimum atomic E-state index is -0.857. The van der Waals surface area contributed by atoms with Gasteiger partial charge in [-0.1, -0.05) is 29.3 Å². The first-order chi connectivity index (χ1) is 18.2. The van der Waals surface area contributed by atoms with E-state index in [1.165, 1.54) is 13.2 Å². The summed E-state index contributed by atoms with van der Waals surface area (Å²) >= 11 is 15.5. The SMILES string of the molecule is CCOc1cc(/C=C2\C(=O)NC(=O)N(c3ccc(OCc4ccc(Cl)cc4Cl)cc3)C2=O)cc(Br)c1OC. The Bertz CT molecular complexity index is 1440. The molecular weight excluding hydrogens is 599 g/mol. The van der Waals surface area contributed by atoms with Crippen LogP contribution < -0.4 is 24.4 Å². The molecule has 8 nitrogen and oxygen atoms in total. The predicted octanol–water partition coefficient (Wildman–Crippen LogP) is 6.41. The van der Waals surface area contributed by atoms with Gasteiger partial charge in [-0.15, -0.1) is 0 Å². The van der Waals surface area contributed by atoms with E-state index in [1.54, 1.807) is 54.6 Å². The molecule has 11 heteroatoms. The van der Waals surface area contributed by atoms with Gasteiger partial charge in [0, 0.05) is 15.6 Å². The van der Waals surface area contributed by atoms with Crippen LogP contribution in [-0.2, 0) is 16.2 Å². The number of halogens is 3. The molecule has 1 aliphatic rings. The number of nitrogens with zero attached hydrogens (tertiary/aromatic N) is 1. The molecule has 1 aliphatic heterocycles. The zero-order chi connectivity index (χ0) is 27.4. The molecule has 1 saturated heterocycles. The van der Waals surface area contributed by atoms with Crippen molar-refractivity contribution in [2.24, 2.45) is 0 Å². The van der Waals surface area contributed by atoms with Crippen LogP contribution in [0.15, 0.2) is 64.6 Å². The van der Waals surface area contributed by atoms with Crippen LogP contribution in [0.25, 0.3) is 6.08 Å². The minimum absolute atomic E-state index is 0.195. The maximum atomic E-state index is 13.3. The van der Waals surface area contributed by atoms with Crippen LogP contribution in [0.4, 0.5) is 10.5 Å². The van der Waals surface area contributed by atoms with E-state index in [4.69, 9.17) is 37.4 Å². The Kier molecular flexibility index (Phi) is 8.61. The van der Waals surface area contributed by atoms with Crippen molar-refractivity contribution >= 4 is 68.7 Å². The lowest BCUT2D eigenvalue weighted by atomic mass is 10.1. The summed E-state index contributed by atoms with van der Waals surface area (Å²) in [5.74, 6) is -0.177. The maximum absolute atomic E-state index is 13.3. The lowest BCUT2D eigenvalue weighted by Crippen LogP contribution is -2.54. The summed E-state index contributed by atoms with van der Waals surface area (Å²) in [5.41, 5.74) is 1.28. The molecule has 0 unspecified atom stereocenters.